The van der Waals surface area contributed by atoms with Crippen molar-refractivity contribution in [2.75, 3.05) is 18.5 Å². The van der Waals surface area contributed by atoms with Crippen molar-refractivity contribution in [2.24, 2.45) is 0 Å². The van der Waals surface area contributed by atoms with Crippen molar-refractivity contribution >= 4 is 11.9 Å². The fraction of sp³-hybridized carbons (Fsp3) is 0.600. The van der Waals surface area contributed by atoms with Gasteiger partial charge in [0.2, 0.25) is 5.95 Å². The van der Waals surface area contributed by atoms with Crippen LogP contribution in [0.4, 0.5) is 5.95 Å². The molecular formula is C10H16N4O2. The Hall–Kier alpha value is -1.72. The number of anilines is 1. The second-order valence-corrected chi connectivity index (χ2v) is 3.70. The maximum Gasteiger partial charge on any atom is 0.303 e. The van der Waals surface area contributed by atoms with Crippen LogP contribution in [0, 0.1) is 13.8 Å². The summed E-state index contributed by atoms with van der Waals surface area (Å²) in [5.74, 6) is -0.249. The van der Waals surface area contributed by atoms with E-state index in [0.717, 1.165) is 11.4 Å². The molecule has 0 aliphatic rings. The van der Waals surface area contributed by atoms with Gasteiger partial charge in [-0.1, -0.05) is 0 Å². The standard InChI is InChI=1S/C10H16N4O2/c1-7-8(2)12-13-10(11-7)14(3)6-4-5-9(15)16/h4-6H2,1-3H3,(H,15,16). The van der Waals surface area contributed by atoms with Crippen LogP contribution in [0.15, 0.2) is 0 Å². The van der Waals surface area contributed by atoms with E-state index in [4.69, 9.17) is 5.11 Å². The van der Waals surface area contributed by atoms with Crippen LogP contribution in [0.5, 0.6) is 0 Å². The number of hydrogen-bond acceptors (Lipinski definition) is 5. The van der Waals surface area contributed by atoms with Crippen molar-refractivity contribution < 1.29 is 9.90 Å². The second kappa shape index (κ2) is 5.39. The molecular weight excluding hydrogens is 208 g/mol. The number of aliphatic carboxylic acids is 1. The molecule has 0 saturated heterocycles. The first-order chi connectivity index (χ1) is 7.50. The van der Waals surface area contributed by atoms with Crippen molar-refractivity contribution in [1.29, 1.82) is 0 Å². The Morgan fingerprint density at radius 3 is 2.56 bits per heavy atom. The average molecular weight is 224 g/mol. The summed E-state index contributed by atoms with van der Waals surface area (Å²) >= 11 is 0. The van der Waals surface area contributed by atoms with Gasteiger partial charge >= 0.3 is 5.97 Å². The van der Waals surface area contributed by atoms with Gasteiger partial charge in [0, 0.05) is 20.0 Å². The maximum absolute atomic E-state index is 10.4. The van der Waals surface area contributed by atoms with E-state index < -0.39 is 5.97 Å². The van der Waals surface area contributed by atoms with Crippen LogP contribution in [0.1, 0.15) is 24.2 Å². The molecule has 1 aromatic heterocycles. The number of carboxylic acids is 1. The first kappa shape index (κ1) is 12.4. The summed E-state index contributed by atoms with van der Waals surface area (Å²) in [5.41, 5.74) is 1.65. The van der Waals surface area contributed by atoms with Crippen LogP contribution >= 0.6 is 0 Å². The molecule has 1 N–H and O–H groups in total. The topological polar surface area (TPSA) is 79.2 Å². The van der Waals surface area contributed by atoms with E-state index in [2.05, 4.69) is 15.2 Å². The third-order valence-corrected chi connectivity index (χ3v) is 2.31. The van der Waals surface area contributed by atoms with Crippen LogP contribution in [0.3, 0.4) is 0 Å². The minimum Gasteiger partial charge on any atom is -0.481 e. The van der Waals surface area contributed by atoms with E-state index in [1.165, 1.54) is 0 Å². The lowest BCUT2D eigenvalue weighted by atomic mass is 10.3. The molecule has 0 radical (unpaired) electrons. The highest BCUT2D eigenvalue weighted by Crippen LogP contribution is 2.07. The van der Waals surface area contributed by atoms with Crippen LogP contribution in [0.2, 0.25) is 0 Å². The van der Waals surface area contributed by atoms with Gasteiger partial charge in [-0.2, -0.15) is 5.10 Å². The molecule has 0 unspecified atom stereocenters. The second-order valence-electron chi connectivity index (χ2n) is 3.70. The highest BCUT2D eigenvalue weighted by Gasteiger charge is 2.07. The van der Waals surface area contributed by atoms with Crippen molar-refractivity contribution in [3.63, 3.8) is 0 Å². The molecule has 0 saturated carbocycles. The molecule has 0 aliphatic heterocycles. The van der Waals surface area contributed by atoms with E-state index in [-0.39, 0.29) is 6.42 Å². The molecule has 16 heavy (non-hydrogen) atoms. The van der Waals surface area contributed by atoms with E-state index in [1.54, 1.807) is 0 Å². The maximum atomic E-state index is 10.4. The van der Waals surface area contributed by atoms with Gasteiger partial charge in [0.05, 0.1) is 11.4 Å². The van der Waals surface area contributed by atoms with Gasteiger partial charge < -0.3 is 10.0 Å². The van der Waals surface area contributed by atoms with Gasteiger partial charge in [-0.15, -0.1) is 5.10 Å². The monoisotopic (exact) mass is 224 g/mol. The number of carbonyl (C=O) groups is 1. The lowest BCUT2D eigenvalue weighted by Gasteiger charge is -2.16. The minimum absolute atomic E-state index is 0.155. The zero-order valence-electron chi connectivity index (χ0n) is 9.77. The van der Waals surface area contributed by atoms with Crippen LogP contribution in [-0.4, -0.2) is 39.8 Å². The van der Waals surface area contributed by atoms with Crippen LogP contribution in [0.25, 0.3) is 0 Å². The predicted octanol–water partition coefficient (Wildman–Crippen LogP) is 0.789. The third-order valence-electron chi connectivity index (χ3n) is 2.31. The van der Waals surface area contributed by atoms with Gasteiger partial charge in [-0.05, 0) is 20.3 Å². The average Bonchev–Trinajstić information content (AvgIpc) is 2.21. The molecule has 0 aliphatic carbocycles. The molecule has 6 heteroatoms. The number of carboxylic acid groups (broad SMARTS) is 1. The smallest absolute Gasteiger partial charge is 0.303 e. The molecule has 0 spiro atoms. The Bertz CT molecular complexity index is 381. The molecule has 0 bridgehead atoms. The number of aromatic nitrogens is 3. The molecule has 1 heterocycles. The number of nitrogens with zero attached hydrogens (tertiary/aromatic N) is 4. The largest absolute Gasteiger partial charge is 0.481 e. The summed E-state index contributed by atoms with van der Waals surface area (Å²) in [5, 5.41) is 16.4. The van der Waals surface area contributed by atoms with Crippen molar-refractivity contribution in [3.05, 3.63) is 11.4 Å². The van der Waals surface area contributed by atoms with E-state index in [1.807, 2.05) is 25.8 Å². The van der Waals surface area contributed by atoms with E-state index in [9.17, 15) is 4.79 Å². The predicted molar refractivity (Wildman–Crippen MR) is 59.4 cm³/mol. The Balaban J connectivity index is 2.55. The van der Waals surface area contributed by atoms with Crippen molar-refractivity contribution in [2.45, 2.75) is 26.7 Å². The first-order valence-electron chi connectivity index (χ1n) is 5.11. The summed E-state index contributed by atoms with van der Waals surface area (Å²) in [7, 11) is 1.83. The molecule has 88 valence electrons. The zero-order valence-corrected chi connectivity index (χ0v) is 9.77. The molecule has 0 amide bonds. The van der Waals surface area contributed by atoms with Crippen molar-refractivity contribution in [1.82, 2.24) is 15.2 Å². The fourth-order valence-corrected chi connectivity index (χ4v) is 1.17. The number of aryl methyl sites for hydroxylation is 2. The van der Waals surface area contributed by atoms with Gasteiger partial charge in [-0.25, -0.2) is 4.98 Å². The van der Waals surface area contributed by atoms with Crippen molar-refractivity contribution in [3.8, 4) is 0 Å². The molecule has 0 aromatic carbocycles. The summed E-state index contributed by atoms with van der Waals surface area (Å²) < 4.78 is 0. The zero-order chi connectivity index (χ0) is 12.1. The van der Waals surface area contributed by atoms with E-state index in [0.29, 0.717) is 18.9 Å². The SMILES string of the molecule is Cc1nnc(N(C)CCCC(=O)O)nc1C. The summed E-state index contributed by atoms with van der Waals surface area (Å²) in [6, 6.07) is 0. The van der Waals surface area contributed by atoms with Gasteiger partial charge in [0.15, 0.2) is 0 Å². The molecule has 0 atom stereocenters. The van der Waals surface area contributed by atoms with E-state index >= 15 is 0 Å². The fourth-order valence-electron chi connectivity index (χ4n) is 1.17. The quantitative estimate of drug-likeness (QED) is 0.796. The highest BCUT2D eigenvalue weighted by atomic mass is 16.4. The molecule has 0 fully saturated rings. The first-order valence-corrected chi connectivity index (χ1v) is 5.11. The lowest BCUT2D eigenvalue weighted by Crippen LogP contribution is -2.22. The third kappa shape index (κ3) is 3.45. The summed E-state index contributed by atoms with van der Waals surface area (Å²) in [4.78, 5) is 16.4. The number of rotatable bonds is 5. The molecule has 1 rings (SSSR count). The normalized spacial score (nSPS) is 10.2. The minimum atomic E-state index is -0.785. The highest BCUT2D eigenvalue weighted by molar-refractivity contribution is 5.66. The van der Waals surface area contributed by atoms with Gasteiger partial charge in [-0.3, -0.25) is 4.79 Å². The molecule has 1 aromatic rings. The van der Waals surface area contributed by atoms with Gasteiger partial charge in [0.25, 0.3) is 0 Å². The molecule has 6 nitrogen and oxygen atoms in total. The Morgan fingerprint density at radius 2 is 2.00 bits per heavy atom. The number of hydrogen-bond donors (Lipinski definition) is 1. The summed E-state index contributed by atoms with van der Waals surface area (Å²) in [6.07, 6.45) is 0.727. The Labute approximate surface area is 94.3 Å². The summed E-state index contributed by atoms with van der Waals surface area (Å²) in [6.45, 7) is 4.33. The van der Waals surface area contributed by atoms with Crippen LogP contribution in [-0.2, 0) is 4.79 Å². The Morgan fingerprint density at radius 1 is 1.31 bits per heavy atom. The Kier molecular flexibility index (Phi) is 4.16. The van der Waals surface area contributed by atoms with Crippen LogP contribution < -0.4 is 4.90 Å². The lowest BCUT2D eigenvalue weighted by molar-refractivity contribution is -0.137. The van der Waals surface area contributed by atoms with Gasteiger partial charge in [0.1, 0.15) is 0 Å².